The van der Waals surface area contributed by atoms with Crippen molar-refractivity contribution in [2.45, 2.75) is 51.4 Å². The molecule has 0 aliphatic carbocycles. The number of benzene rings is 1. The molecule has 4 amide bonds. The quantitative estimate of drug-likeness (QED) is 0.273. The Morgan fingerprint density at radius 1 is 1.22 bits per heavy atom. The summed E-state index contributed by atoms with van der Waals surface area (Å²) in [4.78, 5) is 51.1. The number of nitrogens with zero attached hydrogens (tertiary/aromatic N) is 4. The van der Waals surface area contributed by atoms with Crippen LogP contribution >= 0.6 is 0 Å². The molecule has 1 saturated heterocycles. The number of likely N-dealkylation sites (tertiary alicyclic amines) is 1. The van der Waals surface area contributed by atoms with Crippen LogP contribution in [0.5, 0.6) is 5.75 Å². The molecule has 3 rings (SSSR count). The SMILES string of the molecule is CC[C@H](C)[C@H](NC(=O)O)C(=O)NCC(=O)N1C[C@@H](Oc2ccccc2)C[C@H]1C(=O)NCc1nn[nH]n1. The van der Waals surface area contributed by atoms with Crippen LogP contribution in [0.1, 0.15) is 32.5 Å². The zero-order chi connectivity index (χ0) is 26.1. The lowest BCUT2D eigenvalue weighted by atomic mass is 9.98. The number of nitrogens with one attached hydrogen (secondary N) is 4. The summed E-state index contributed by atoms with van der Waals surface area (Å²) in [5.41, 5.74) is 0. The molecule has 0 unspecified atom stereocenters. The average Bonchev–Trinajstić information content (AvgIpc) is 3.54. The maximum absolute atomic E-state index is 13.1. The molecule has 0 saturated carbocycles. The van der Waals surface area contributed by atoms with Gasteiger partial charge in [0.1, 0.15) is 23.9 Å². The Balaban J connectivity index is 1.66. The fraction of sp³-hybridized carbons (Fsp3) is 0.500. The van der Waals surface area contributed by atoms with E-state index in [9.17, 15) is 19.2 Å². The zero-order valence-corrected chi connectivity index (χ0v) is 20.0. The van der Waals surface area contributed by atoms with E-state index in [1.807, 2.05) is 25.1 Å². The molecule has 1 aromatic carbocycles. The number of rotatable bonds is 11. The lowest BCUT2D eigenvalue weighted by Crippen LogP contribution is -2.53. The lowest BCUT2D eigenvalue weighted by molar-refractivity contribution is -0.139. The van der Waals surface area contributed by atoms with Crippen LogP contribution in [0.2, 0.25) is 0 Å². The van der Waals surface area contributed by atoms with Gasteiger partial charge in [0.05, 0.1) is 19.6 Å². The van der Waals surface area contributed by atoms with E-state index in [-0.39, 0.29) is 31.3 Å². The van der Waals surface area contributed by atoms with E-state index in [0.29, 0.717) is 12.2 Å². The molecule has 36 heavy (non-hydrogen) atoms. The Morgan fingerprint density at radius 3 is 2.61 bits per heavy atom. The van der Waals surface area contributed by atoms with E-state index in [2.05, 4.69) is 36.6 Å². The summed E-state index contributed by atoms with van der Waals surface area (Å²) in [6, 6.07) is 7.17. The molecule has 1 aromatic heterocycles. The summed E-state index contributed by atoms with van der Waals surface area (Å²) in [5, 5.41) is 29.7. The lowest BCUT2D eigenvalue weighted by Gasteiger charge is -2.25. The van der Waals surface area contributed by atoms with Crippen molar-refractivity contribution in [1.82, 2.24) is 41.5 Å². The Bertz CT molecular complexity index is 1030. The highest BCUT2D eigenvalue weighted by Gasteiger charge is 2.41. The number of ether oxygens (including phenoxy) is 1. The van der Waals surface area contributed by atoms with Gasteiger partial charge in [-0.3, -0.25) is 14.4 Å². The number of hydrogen-bond donors (Lipinski definition) is 5. The Hall–Kier alpha value is -4.23. The zero-order valence-electron chi connectivity index (χ0n) is 20.0. The minimum atomic E-state index is -1.33. The maximum Gasteiger partial charge on any atom is 0.405 e. The molecule has 0 radical (unpaired) electrons. The van der Waals surface area contributed by atoms with Crippen molar-refractivity contribution in [1.29, 1.82) is 0 Å². The molecule has 1 aliphatic rings. The van der Waals surface area contributed by atoms with Crippen molar-refractivity contribution in [3.8, 4) is 5.75 Å². The highest BCUT2D eigenvalue weighted by molar-refractivity contribution is 5.92. The van der Waals surface area contributed by atoms with Crippen LogP contribution in [0.25, 0.3) is 0 Å². The Morgan fingerprint density at radius 2 is 1.97 bits per heavy atom. The summed E-state index contributed by atoms with van der Waals surface area (Å²) < 4.78 is 5.96. The molecule has 14 nitrogen and oxygen atoms in total. The minimum Gasteiger partial charge on any atom is -0.488 e. The van der Waals surface area contributed by atoms with E-state index in [1.165, 1.54) is 4.90 Å². The number of hydrogen-bond acceptors (Lipinski definition) is 8. The number of para-hydroxylation sites is 1. The van der Waals surface area contributed by atoms with Gasteiger partial charge in [-0.25, -0.2) is 4.79 Å². The first kappa shape index (κ1) is 26.4. The molecule has 0 bridgehead atoms. The van der Waals surface area contributed by atoms with Crippen LogP contribution in [-0.2, 0) is 20.9 Å². The molecule has 5 N–H and O–H groups in total. The highest BCUT2D eigenvalue weighted by Crippen LogP contribution is 2.23. The number of aromatic nitrogens is 4. The van der Waals surface area contributed by atoms with Crippen LogP contribution < -0.4 is 20.7 Å². The molecular formula is C22H30N8O6. The Kier molecular flexibility index (Phi) is 9.13. The van der Waals surface area contributed by atoms with Crippen molar-refractivity contribution < 1.29 is 29.0 Å². The largest absolute Gasteiger partial charge is 0.488 e. The number of carbonyl (C=O) groups excluding carboxylic acids is 3. The van der Waals surface area contributed by atoms with Gasteiger partial charge in [-0.1, -0.05) is 43.7 Å². The number of tetrazole rings is 1. The second-order valence-electron chi connectivity index (χ2n) is 8.43. The number of carboxylic acid groups (broad SMARTS) is 1. The van der Waals surface area contributed by atoms with Crippen molar-refractivity contribution in [3.05, 3.63) is 36.2 Å². The van der Waals surface area contributed by atoms with Crippen LogP contribution in [0.4, 0.5) is 4.79 Å². The van der Waals surface area contributed by atoms with Crippen LogP contribution in [0.15, 0.2) is 30.3 Å². The van der Waals surface area contributed by atoms with Gasteiger partial charge in [-0.05, 0) is 18.1 Å². The number of aromatic amines is 1. The average molecular weight is 503 g/mol. The van der Waals surface area contributed by atoms with Gasteiger partial charge in [-0.15, -0.1) is 10.2 Å². The fourth-order valence-corrected chi connectivity index (χ4v) is 3.85. The van der Waals surface area contributed by atoms with Crippen molar-refractivity contribution in [3.63, 3.8) is 0 Å². The van der Waals surface area contributed by atoms with Gasteiger partial charge < -0.3 is 30.7 Å². The van der Waals surface area contributed by atoms with E-state index in [1.54, 1.807) is 19.1 Å². The standard InChI is InChI=1S/C22H30N8O6/c1-3-13(2)19(25-22(34)35)21(33)24-11-18(31)30-12-15(36-14-7-5-4-6-8-14)9-16(30)20(32)23-10-17-26-28-29-27-17/h4-8,13,15-16,19,25H,3,9-12H2,1-2H3,(H,23,32)(H,24,33)(H,34,35)(H,26,27,28,29)/t13-,15-,16-,19-/m0/s1. The summed E-state index contributed by atoms with van der Waals surface area (Å²) in [6.45, 7) is 3.31. The van der Waals surface area contributed by atoms with Gasteiger partial charge in [0.15, 0.2) is 5.82 Å². The van der Waals surface area contributed by atoms with E-state index in [4.69, 9.17) is 9.84 Å². The molecule has 1 aliphatic heterocycles. The van der Waals surface area contributed by atoms with Gasteiger partial charge >= 0.3 is 6.09 Å². The first-order valence-electron chi connectivity index (χ1n) is 11.6. The van der Waals surface area contributed by atoms with E-state index >= 15 is 0 Å². The van der Waals surface area contributed by atoms with E-state index < -0.39 is 48.5 Å². The second-order valence-corrected chi connectivity index (χ2v) is 8.43. The van der Waals surface area contributed by atoms with Crippen LogP contribution in [0.3, 0.4) is 0 Å². The van der Waals surface area contributed by atoms with Crippen LogP contribution in [-0.4, -0.2) is 85.7 Å². The molecule has 2 heterocycles. The van der Waals surface area contributed by atoms with Gasteiger partial charge in [-0.2, -0.15) is 5.21 Å². The number of H-pyrrole nitrogens is 1. The number of carbonyl (C=O) groups is 4. The van der Waals surface area contributed by atoms with Crippen LogP contribution in [0, 0.1) is 5.92 Å². The summed E-state index contributed by atoms with van der Waals surface area (Å²) >= 11 is 0. The molecule has 14 heteroatoms. The molecular weight excluding hydrogens is 472 g/mol. The monoisotopic (exact) mass is 502 g/mol. The minimum absolute atomic E-state index is 0.0201. The summed E-state index contributed by atoms with van der Waals surface area (Å²) in [5.74, 6) is -0.938. The van der Waals surface area contributed by atoms with Gasteiger partial charge in [0.2, 0.25) is 17.7 Å². The second kappa shape index (κ2) is 12.5. The topological polar surface area (TPSA) is 192 Å². The molecule has 1 fully saturated rings. The first-order valence-corrected chi connectivity index (χ1v) is 11.6. The normalized spacial score (nSPS) is 18.7. The predicted octanol–water partition coefficient (Wildman–Crippen LogP) is -0.337. The third-order valence-electron chi connectivity index (χ3n) is 5.93. The van der Waals surface area contributed by atoms with Crippen molar-refractivity contribution in [2.75, 3.05) is 13.1 Å². The summed E-state index contributed by atoms with van der Waals surface area (Å²) in [6.07, 6.45) is -0.988. The van der Waals surface area contributed by atoms with Gasteiger partial charge in [0, 0.05) is 6.42 Å². The fourth-order valence-electron chi connectivity index (χ4n) is 3.85. The molecule has 0 spiro atoms. The summed E-state index contributed by atoms with van der Waals surface area (Å²) in [7, 11) is 0. The maximum atomic E-state index is 13.1. The number of amides is 4. The van der Waals surface area contributed by atoms with E-state index in [0.717, 1.165) is 0 Å². The smallest absolute Gasteiger partial charge is 0.405 e. The Labute approximate surface area is 207 Å². The molecule has 4 atom stereocenters. The molecule has 194 valence electrons. The predicted molar refractivity (Wildman–Crippen MR) is 124 cm³/mol. The van der Waals surface area contributed by atoms with Gasteiger partial charge in [0.25, 0.3) is 0 Å². The molecule has 2 aromatic rings. The third kappa shape index (κ3) is 7.13. The van der Waals surface area contributed by atoms with Crippen molar-refractivity contribution >= 4 is 23.8 Å². The van der Waals surface area contributed by atoms with Crippen molar-refractivity contribution in [2.24, 2.45) is 5.92 Å². The first-order chi connectivity index (χ1) is 17.3. The third-order valence-corrected chi connectivity index (χ3v) is 5.93. The highest BCUT2D eigenvalue weighted by atomic mass is 16.5.